The molecule has 1 fully saturated rings. The number of amides is 2. The first-order valence-electron chi connectivity index (χ1n) is 7.72. The molecule has 0 bridgehead atoms. The molecule has 22 heavy (non-hydrogen) atoms. The van der Waals surface area contributed by atoms with Gasteiger partial charge in [-0.05, 0) is 43.9 Å². The summed E-state index contributed by atoms with van der Waals surface area (Å²) in [6.45, 7) is 5.68. The highest BCUT2D eigenvalue weighted by molar-refractivity contribution is 5.90. The number of nitrogens with zero attached hydrogens (tertiary/aromatic N) is 2. The number of nitriles is 1. The lowest BCUT2D eigenvalue weighted by molar-refractivity contribution is 0.0841. The zero-order valence-electron chi connectivity index (χ0n) is 13.3. The maximum Gasteiger partial charge on any atom is 0.321 e. The van der Waals surface area contributed by atoms with Crippen molar-refractivity contribution >= 4 is 11.7 Å². The first-order chi connectivity index (χ1) is 10.6. The Kier molecular flexibility index (Phi) is 5.79. The summed E-state index contributed by atoms with van der Waals surface area (Å²) < 4.78 is 5.60. The van der Waals surface area contributed by atoms with Crippen molar-refractivity contribution in [1.82, 2.24) is 4.90 Å². The third-order valence-corrected chi connectivity index (χ3v) is 3.86. The minimum Gasteiger partial charge on any atom is -0.376 e. The standard InChI is InChI=1S/C17H23N3O2/c1-13-6-7-14(2)16(11-13)19-17(21)20(9-4-8-18)12-15-5-3-10-22-15/h6-7,11,15H,3-5,9-10,12H2,1-2H3,(H,19,21). The second-order valence-electron chi connectivity index (χ2n) is 5.74. The van der Waals surface area contributed by atoms with Gasteiger partial charge in [-0.15, -0.1) is 0 Å². The Morgan fingerprint density at radius 3 is 3.00 bits per heavy atom. The summed E-state index contributed by atoms with van der Waals surface area (Å²) in [6, 6.07) is 7.90. The van der Waals surface area contributed by atoms with Crippen molar-refractivity contribution in [2.45, 2.75) is 39.2 Å². The van der Waals surface area contributed by atoms with E-state index < -0.39 is 0 Å². The quantitative estimate of drug-likeness (QED) is 0.908. The molecule has 2 rings (SSSR count). The van der Waals surface area contributed by atoms with Gasteiger partial charge >= 0.3 is 6.03 Å². The van der Waals surface area contributed by atoms with Crippen LogP contribution in [0.3, 0.4) is 0 Å². The molecule has 1 atom stereocenters. The molecule has 0 spiro atoms. The predicted molar refractivity (Wildman–Crippen MR) is 85.7 cm³/mol. The van der Waals surface area contributed by atoms with Crippen LogP contribution in [0.25, 0.3) is 0 Å². The molecule has 1 aliphatic rings. The van der Waals surface area contributed by atoms with Crippen LogP contribution < -0.4 is 5.32 Å². The van der Waals surface area contributed by atoms with Crippen LogP contribution in [0.2, 0.25) is 0 Å². The summed E-state index contributed by atoms with van der Waals surface area (Å²) in [5.74, 6) is 0. The number of anilines is 1. The predicted octanol–water partition coefficient (Wildman–Crippen LogP) is 3.23. The van der Waals surface area contributed by atoms with Gasteiger partial charge in [0.05, 0.1) is 18.6 Å². The molecule has 5 heteroatoms. The van der Waals surface area contributed by atoms with E-state index >= 15 is 0 Å². The van der Waals surface area contributed by atoms with E-state index in [0.29, 0.717) is 19.5 Å². The molecule has 1 unspecified atom stereocenters. The number of carbonyl (C=O) groups excluding carboxylic acids is 1. The molecule has 5 nitrogen and oxygen atoms in total. The van der Waals surface area contributed by atoms with Crippen molar-refractivity contribution in [2.24, 2.45) is 0 Å². The van der Waals surface area contributed by atoms with Gasteiger partial charge in [-0.2, -0.15) is 5.26 Å². The van der Waals surface area contributed by atoms with Crippen LogP contribution in [-0.2, 0) is 4.74 Å². The highest BCUT2D eigenvalue weighted by Crippen LogP contribution is 2.18. The maximum atomic E-state index is 12.5. The fraction of sp³-hybridized carbons (Fsp3) is 0.529. The van der Waals surface area contributed by atoms with Gasteiger partial charge in [-0.1, -0.05) is 12.1 Å². The number of hydrogen-bond acceptors (Lipinski definition) is 3. The molecule has 0 saturated carbocycles. The number of nitrogens with one attached hydrogen (secondary N) is 1. The summed E-state index contributed by atoms with van der Waals surface area (Å²) in [6.07, 6.45) is 2.42. The third-order valence-electron chi connectivity index (χ3n) is 3.86. The van der Waals surface area contributed by atoms with Gasteiger partial charge in [-0.25, -0.2) is 4.79 Å². The second kappa shape index (κ2) is 7.81. The smallest absolute Gasteiger partial charge is 0.321 e. The maximum absolute atomic E-state index is 12.5. The molecule has 118 valence electrons. The summed E-state index contributed by atoms with van der Waals surface area (Å²) >= 11 is 0. The van der Waals surface area contributed by atoms with Crippen LogP contribution >= 0.6 is 0 Å². The number of urea groups is 1. The van der Waals surface area contributed by atoms with Crippen molar-refractivity contribution < 1.29 is 9.53 Å². The molecule has 1 heterocycles. The summed E-state index contributed by atoms with van der Waals surface area (Å²) in [5, 5.41) is 11.7. The van der Waals surface area contributed by atoms with Crippen LogP contribution in [0.5, 0.6) is 0 Å². The molecule has 0 aliphatic carbocycles. The minimum absolute atomic E-state index is 0.0862. The molecule has 1 aromatic rings. The van der Waals surface area contributed by atoms with Gasteiger partial charge in [0, 0.05) is 25.4 Å². The summed E-state index contributed by atoms with van der Waals surface area (Å²) in [4.78, 5) is 14.2. The molecule has 2 amide bonds. The van der Waals surface area contributed by atoms with Crippen LogP contribution in [0.4, 0.5) is 10.5 Å². The topological polar surface area (TPSA) is 65.4 Å². The van der Waals surface area contributed by atoms with Crippen LogP contribution in [-0.4, -0.2) is 36.7 Å². The minimum atomic E-state index is -0.167. The lowest BCUT2D eigenvalue weighted by Crippen LogP contribution is -2.40. The fourth-order valence-corrected chi connectivity index (χ4v) is 2.56. The van der Waals surface area contributed by atoms with E-state index in [4.69, 9.17) is 10.00 Å². The van der Waals surface area contributed by atoms with Crippen LogP contribution in [0.1, 0.15) is 30.4 Å². The van der Waals surface area contributed by atoms with E-state index in [1.807, 2.05) is 32.0 Å². The first kappa shape index (κ1) is 16.3. The lowest BCUT2D eigenvalue weighted by atomic mass is 10.1. The third kappa shape index (κ3) is 4.47. The zero-order chi connectivity index (χ0) is 15.9. The first-order valence-corrected chi connectivity index (χ1v) is 7.72. The molecule has 1 aliphatic heterocycles. The van der Waals surface area contributed by atoms with E-state index in [2.05, 4.69) is 11.4 Å². The monoisotopic (exact) mass is 301 g/mol. The summed E-state index contributed by atoms with van der Waals surface area (Å²) in [5.41, 5.74) is 2.94. The Bertz CT molecular complexity index is 560. The Balaban J connectivity index is 2.03. The second-order valence-corrected chi connectivity index (χ2v) is 5.74. The van der Waals surface area contributed by atoms with Crippen LogP contribution in [0, 0.1) is 25.2 Å². The molecular formula is C17H23N3O2. The van der Waals surface area contributed by atoms with E-state index in [1.54, 1.807) is 4.90 Å². The van der Waals surface area contributed by atoms with Crippen molar-refractivity contribution in [1.29, 1.82) is 5.26 Å². The lowest BCUT2D eigenvalue weighted by Gasteiger charge is -2.25. The van der Waals surface area contributed by atoms with E-state index in [0.717, 1.165) is 36.3 Å². The highest BCUT2D eigenvalue weighted by atomic mass is 16.5. The van der Waals surface area contributed by atoms with E-state index in [9.17, 15) is 4.79 Å². The van der Waals surface area contributed by atoms with E-state index in [1.165, 1.54) is 0 Å². The molecule has 1 saturated heterocycles. The van der Waals surface area contributed by atoms with Gasteiger partial charge in [0.1, 0.15) is 0 Å². The average Bonchev–Trinajstić information content (AvgIpc) is 3.00. The van der Waals surface area contributed by atoms with Crippen molar-refractivity contribution in [3.63, 3.8) is 0 Å². The molecule has 0 aromatic heterocycles. The van der Waals surface area contributed by atoms with Gasteiger partial charge in [0.2, 0.25) is 0 Å². The van der Waals surface area contributed by atoms with Gasteiger partial charge in [0.15, 0.2) is 0 Å². The Labute approximate surface area is 131 Å². The van der Waals surface area contributed by atoms with Crippen molar-refractivity contribution in [3.05, 3.63) is 29.3 Å². The normalized spacial score (nSPS) is 17.0. The largest absolute Gasteiger partial charge is 0.376 e. The highest BCUT2D eigenvalue weighted by Gasteiger charge is 2.22. The summed E-state index contributed by atoms with van der Waals surface area (Å²) in [7, 11) is 0. The van der Waals surface area contributed by atoms with Gasteiger partial charge in [0.25, 0.3) is 0 Å². The molecule has 0 radical (unpaired) electrons. The number of benzene rings is 1. The Morgan fingerprint density at radius 2 is 2.32 bits per heavy atom. The van der Waals surface area contributed by atoms with Gasteiger partial charge in [-0.3, -0.25) is 0 Å². The molecule has 1 aromatic carbocycles. The number of carbonyl (C=O) groups is 1. The molecule has 1 N–H and O–H groups in total. The Hall–Kier alpha value is -2.06. The zero-order valence-corrected chi connectivity index (χ0v) is 13.3. The van der Waals surface area contributed by atoms with Crippen molar-refractivity contribution in [2.75, 3.05) is 25.0 Å². The Morgan fingerprint density at radius 1 is 1.50 bits per heavy atom. The number of ether oxygens (including phenoxy) is 1. The SMILES string of the molecule is Cc1ccc(C)c(NC(=O)N(CCC#N)CC2CCCO2)c1. The van der Waals surface area contributed by atoms with Crippen molar-refractivity contribution in [3.8, 4) is 6.07 Å². The number of rotatable bonds is 5. The molecular weight excluding hydrogens is 278 g/mol. The van der Waals surface area contributed by atoms with E-state index in [-0.39, 0.29) is 12.1 Å². The fourth-order valence-electron chi connectivity index (χ4n) is 2.56. The van der Waals surface area contributed by atoms with Gasteiger partial charge < -0.3 is 15.0 Å². The number of aryl methyl sites for hydroxylation is 2. The average molecular weight is 301 g/mol. The van der Waals surface area contributed by atoms with Crippen LogP contribution in [0.15, 0.2) is 18.2 Å². The number of hydrogen-bond donors (Lipinski definition) is 1.